The van der Waals surface area contributed by atoms with Crippen LogP contribution in [0.5, 0.6) is 0 Å². The third kappa shape index (κ3) is 2.58. The maximum Gasteiger partial charge on any atom is 0.276 e. The second-order valence-corrected chi connectivity index (χ2v) is 9.42. The van der Waals surface area contributed by atoms with Crippen molar-refractivity contribution in [3.63, 3.8) is 0 Å². The molecule has 0 radical (unpaired) electrons. The average molecular weight is 378 g/mol. The summed E-state index contributed by atoms with van der Waals surface area (Å²) in [5.41, 5.74) is 2.05. The van der Waals surface area contributed by atoms with E-state index in [4.69, 9.17) is 9.66 Å². The van der Waals surface area contributed by atoms with Crippen LogP contribution in [0.2, 0.25) is 0 Å². The fourth-order valence-electron chi connectivity index (χ4n) is 4.23. The van der Waals surface area contributed by atoms with E-state index in [0.717, 1.165) is 49.2 Å². The zero-order valence-electron chi connectivity index (χ0n) is 14.6. The maximum absolute atomic E-state index is 11.5. The Labute approximate surface area is 151 Å². The van der Waals surface area contributed by atoms with Crippen molar-refractivity contribution in [1.82, 2.24) is 24.2 Å². The minimum Gasteiger partial charge on any atom is -0.332 e. The highest BCUT2D eigenvalue weighted by Gasteiger charge is 2.58. The molecule has 2 aliphatic carbocycles. The lowest BCUT2D eigenvalue weighted by molar-refractivity contribution is 0.249. The number of aromatic nitrogens is 4. The van der Waals surface area contributed by atoms with Gasteiger partial charge in [-0.2, -0.15) is 22.8 Å². The summed E-state index contributed by atoms with van der Waals surface area (Å²) >= 11 is 0. The molecule has 5 rings (SSSR count). The Bertz CT molecular complexity index is 953. The first-order chi connectivity index (χ1) is 12.4. The van der Waals surface area contributed by atoms with E-state index in [1.165, 1.54) is 4.31 Å². The van der Waals surface area contributed by atoms with Gasteiger partial charge in [-0.05, 0) is 44.4 Å². The molecule has 2 saturated carbocycles. The van der Waals surface area contributed by atoms with Crippen molar-refractivity contribution in [3.05, 3.63) is 17.6 Å². The third-order valence-corrected chi connectivity index (χ3v) is 7.18. The topological polar surface area (TPSA) is 120 Å². The van der Waals surface area contributed by atoms with E-state index >= 15 is 0 Å². The lowest BCUT2D eigenvalue weighted by Crippen LogP contribution is -2.43. The van der Waals surface area contributed by atoms with E-state index in [-0.39, 0.29) is 11.3 Å². The molecule has 2 aromatic rings. The van der Waals surface area contributed by atoms with Gasteiger partial charge in [0.1, 0.15) is 5.69 Å². The SMILES string of the molecule is Cc1cnn(C2CC2)c1-c1nc([C@@H]2CC23CCN(S(N)(=O)=O)CC3)no1. The average Bonchev–Trinajstić information content (AvgIpc) is 3.46. The molecule has 2 N–H and O–H groups in total. The number of aryl methyl sites for hydroxylation is 1. The lowest BCUT2D eigenvalue weighted by atomic mass is 9.92. The van der Waals surface area contributed by atoms with E-state index < -0.39 is 10.2 Å². The largest absolute Gasteiger partial charge is 0.332 e. The number of nitrogens with two attached hydrogens (primary N) is 1. The van der Waals surface area contributed by atoms with Gasteiger partial charge in [-0.15, -0.1) is 0 Å². The summed E-state index contributed by atoms with van der Waals surface area (Å²) in [6.07, 6.45) is 6.68. The van der Waals surface area contributed by atoms with Crippen molar-refractivity contribution in [2.45, 2.75) is 51.0 Å². The highest BCUT2D eigenvalue weighted by Crippen LogP contribution is 2.64. The Kier molecular flexibility index (Phi) is 3.38. The molecule has 0 amide bonds. The molecule has 140 valence electrons. The normalized spacial score (nSPS) is 25.7. The van der Waals surface area contributed by atoms with Gasteiger partial charge in [-0.25, -0.2) is 5.14 Å². The smallest absolute Gasteiger partial charge is 0.276 e. The molecular weight excluding hydrogens is 356 g/mol. The van der Waals surface area contributed by atoms with Gasteiger partial charge in [0, 0.05) is 24.6 Å². The quantitative estimate of drug-likeness (QED) is 0.857. The van der Waals surface area contributed by atoms with Crippen LogP contribution in [0.1, 0.15) is 55.5 Å². The summed E-state index contributed by atoms with van der Waals surface area (Å²) in [4.78, 5) is 4.67. The van der Waals surface area contributed by atoms with Gasteiger partial charge in [0.15, 0.2) is 5.82 Å². The van der Waals surface area contributed by atoms with Crippen molar-refractivity contribution in [2.24, 2.45) is 10.6 Å². The molecule has 0 bridgehead atoms. The highest BCUT2D eigenvalue weighted by molar-refractivity contribution is 7.86. The van der Waals surface area contributed by atoms with Crippen LogP contribution in [0.15, 0.2) is 10.7 Å². The number of nitrogens with zero attached hydrogens (tertiary/aromatic N) is 5. The van der Waals surface area contributed by atoms with Gasteiger partial charge < -0.3 is 4.52 Å². The fraction of sp³-hybridized carbons (Fsp3) is 0.688. The molecule has 1 saturated heterocycles. The summed E-state index contributed by atoms with van der Waals surface area (Å²) < 4.78 is 31.9. The van der Waals surface area contributed by atoms with Gasteiger partial charge >= 0.3 is 0 Å². The minimum atomic E-state index is -3.59. The molecule has 1 aliphatic heterocycles. The monoisotopic (exact) mass is 378 g/mol. The number of piperidine rings is 1. The number of hydrogen-bond donors (Lipinski definition) is 1. The second kappa shape index (κ2) is 5.37. The summed E-state index contributed by atoms with van der Waals surface area (Å²) in [5, 5.41) is 13.9. The Hall–Kier alpha value is -1.78. The summed E-state index contributed by atoms with van der Waals surface area (Å²) in [7, 11) is -3.59. The van der Waals surface area contributed by atoms with Gasteiger partial charge in [0.25, 0.3) is 16.1 Å². The van der Waals surface area contributed by atoms with E-state index in [1.54, 1.807) is 0 Å². The molecule has 3 aliphatic rings. The van der Waals surface area contributed by atoms with E-state index in [2.05, 4.69) is 15.2 Å². The van der Waals surface area contributed by atoms with Crippen molar-refractivity contribution in [1.29, 1.82) is 0 Å². The Morgan fingerprint density at radius 1 is 1.31 bits per heavy atom. The Balaban J connectivity index is 1.34. The third-order valence-electron chi connectivity index (χ3n) is 6.09. The van der Waals surface area contributed by atoms with Gasteiger partial charge in [-0.3, -0.25) is 4.68 Å². The van der Waals surface area contributed by atoms with E-state index in [1.807, 2.05) is 17.8 Å². The predicted molar refractivity (Wildman–Crippen MR) is 92.2 cm³/mol. The van der Waals surface area contributed by atoms with Crippen LogP contribution in [0.4, 0.5) is 0 Å². The predicted octanol–water partition coefficient (Wildman–Crippen LogP) is 1.35. The Morgan fingerprint density at radius 3 is 2.69 bits per heavy atom. The second-order valence-electron chi connectivity index (χ2n) is 7.87. The summed E-state index contributed by atoms with van der Waals surface area (Å²) in [5.74, 6) is 1.50. The molecule has 2 aromatic heterocycles. The van der Waals surface area contributed by atoms with Crippen LogP contribution in [0, 0.1) is 12.3 Å². The molecule has 0 aromatic carbocycles. The van der Waals surface area contributed by atoms with Crippen LogP contribution in [-0.4, -0.2) is 45.7 Å². The minimum absolute atomic E-state index is 0.0914. The number of rotatable bonds is 4. The van der Waals surface area contributed by atoms with Gasteiger partial charge in [-0.1, -0.05) is 5.16 Å². The molecular formula is C16H22N6O3S. The van der Waals surface area contributed by atoms with Crippen LogP contribution < -0.4 is 5.14 Å². The molecule has 9 nitrogen and oxygen atoms in total. The molecule has 1 atom stereocenters. The van der Waals surface area contributed by atoms with Gasteiger partial charge in [0.05, 0.1) is 12.2 Å². The van der Waals surface area contributed by atoms with Crippen LogP contribution in [0.3, 0.4) is 0 Å². The van der Waals surface area contributed by atoms with Crippen LogP contribution >= 0.6 is 0 Å². The molecule has 10 heteroatoms. The van der Waals surface area contributed by atoms with E-state index in [0.29, 0.717) is 25.0 Å². The number of hydrogen-bond acceptors (Lipinski definition) is 6. The van der Waals surface area contributed by atoms with Crippen molar-refractivity contribution in [2.75, 3.05) is 13.1 Å². The van der Waals surface area contributed by atoms with Crippen LogP contribution in [0.25, 0.3) is 11.6 Å². The first-order valence-corrected chi connectivity index (χ1v) is 10.5. The van der Waals surface area contributed by atoms with Gasteiger partial charge in [0.2, 0.25) is 0 Å². The molecule has 3 heterocycles. The standard InChI is InChI=1S/C16H22N6O3S/c1-10-9-18-22(11-2-3-11)13(10)15-19-14(20-25-15)12-8-16(12)4-6-21(7-5-16)26(17,23)24/h9,11-12H,2-8H2,1H3,(H2,17,23,24)/t12-/m0/s1. The Morgan fingerprint density at radius 2 is 2.04 bits per heavy atom. The van der Waals surface area contributed by atoms with Crippen LogP contribution in [-0.2, 0) is 10.2 Å². The zero-order valence-corrected chi connectivity index (χ0v) is 15.4. The van der Waals surface area contributed by atoms with Crippen molar-refractivity contribution in [3.8, 4) is 11.6 Å². The fourth-order valence-corrected chi connectivity index (χ4v) is 4.93. The molecule has 3 fully saturated rings. The first-order valence-electron chi connectivity index (χ1n) is 9.03. The van der Waals surface area contributed by atoms with Crippen molar-refractivity contribution < 1.29 is 12.9 Å². The maximum atomic E-state index is 11.5. The van der Waals surface area contributed by atoms with Crippen molar-refractivity contribution >= 4 is 10.2 Å². The zero-order chi connectivity index (χ0) is 18.1. The lowest BCUT2D eigenvalue weighted by Gasteiger charge is -2.30. The molecule has 1 spiro atoms. The summed E-state index contributed by atoms with van der Waals surface area (Å²) in [6, 6.07) is 0.448. The first kappa shape index (κ1) is 16.4. The highest BCUT2D eigenvalue weighted by atomic mass is 32.2. The van der Waals surface area contributed by atoms with E-state index in [9.17, 15) is 8.42 Å². The molecule has 26 heavy (non-hydrogen) atoms. The molecule has 0 unspecified atom stereocenters. The summed E-state index contributed by atoms with van der Waals surface area (Å²) in [6.45, 7) is 2.94.